The highest BCUT2D eigenvalue weighted by molar-refractivity contribution is 7.91. The zero-order valence-electron chi connectivity index (χ0n) is 16.9. The highest BCUT2D eigenvalue weighted by atomic mass is 32.2. The first-order chi connectivity index (χ1) is 15.0. The monoisotopic (exact) mass is 454 g/mol. The Balaban J connectivity index is 1.47. The van der Waals surface area contributed by atoms with Crippen molar-refractivity contribution in [3.63, 3.8) is 0 Å². The number of hydrogen-bond donors (Lipinski definition) is 0. The summed E-state index contributed by atoms with van der Waals surface area (Å²) in [5, 5.41) is 3.90. The molecule has 1 saturated carbocycles. The number of carbonyl (C=O) groups excluding carboxylic acids is 1. The lowest BCUT2D eigenvalue weighted by molar-refractivity contribution is -0.120. The summed E-state index contributed by atoms with van der Waals surface area (Å²) in [6.07, 6.45) is 5.76. The number of nitrogens with zero attached hydrogens (tertiary/aromatic N) is 2. The summed E-state index contributed by atoms with van der Waals surface area (Å²) in [6, 6.07) is 15.2. The molecule has 1 atom stereocenters. The molecule has 5 rings (SSSR count). The van der Waals surface area contributed by atoms with Gasteiger partial charge in [-0.2, -0.15) is 4.31 Å². The van der Waals surface area contributed by atoms with E-state index in [1.54, 1.807) is 22.5 Å². The Bertz CT molecular complexity index is 1230. The lowest BCUT2D eigenvalue weighted by Gasteiger charge is -2.45. The van der Waals surface area contributed by atoms with Crippen LogP contribution in [0.2, 0.25) is 0 Å². The largest absolute Gasteiger partial charge is 0.364 e. The molecular formula is C23H22N2O4S2. The normalized spacial score (nSPS) is 22.2. The quantitative estimate of drug-likeness (QED) is 0.537. The zero-order chi connectivity index (χ0) is 21.5. The molecule has 1 unspecified atom stereocenters. The molecule has 0 spiro atoms. The molecule has 160 valence electrons. The maximum absolute atomic E-state index is 13.5. The summed E-state index contributed by atoms with van der Waals surface area (Å²) in [5.41, 5.74) is 2.53. The van der Waals surface area contributed by atoms with Crippen molar-refractivity contribution in [2.45, 2.75) is 29.9 Å². The Morgan fingerprint density at radius 3 is 2.74 bits per heavy atom. The fourth-order valence-electron chi connectivity index (χ4n) is 4.60. The van der Waals surface area contributed by atoms with Gasteiger partial charge in [0.2, 0.25) is 0 Å². The minimum Gasteiger partial charge on any atom is -0.364 e. The molecule has 0 bridgehead atoms. The second kappa shape index (κ2) is 7.85. The molecule has 0 saturated heterocycles. The van der Waals surface area contributed by atoms with Crippen LogP contribution in [0.4, 0.5) is 0 Å². The van der Waals surface area contributed by atoms with Gasteiger partial charge in [0.05, 0.1) is 4.88 Å². The second-order valence-corrected chi connectivity index (χ2v) is 11.4. The lowest BCUT2D eigenvalue weighted by atomic mass is 9.65. The van der Waals surface area contributed by atoms with Crippen LogP contribution in [0, 0.1) is 5.41 Å². The molecule has 1 aromatic carbocycles. The first-order valence-electron chi connectivity index (χ1n) is 10.2. The maximum Gasteiger partial charge on any atom is 0.252 e. The fraction of sp³-hybridized carbons (Fsp3) is 0.304. The van der Waals surface area contributed by atoms with E-state index in [1.165, 1.54) is 17.6 Å². The molecule has 0 radical (unpaired) electrons. The van der Waals surface area contributed by atoms with E-state index in [4.69, 9.17) is 4.52 Å². The minimum absolute atomic E-state index is 0.238. The Morgan fingerprint density at radius 2 is 1.97 bits per heavy atom. The van der Waals surface area contributed by atoms with Crippen LogP contribution in [0.15, 0.2) is 75.2 Å². The first kappa shape index (κ1) is 20.4. The average Bonchev–Trinajstić information content (AvgIpc) is 3.46. The number of sulfonamides is 1. The van der Waals surface area contributed by atoms with Gasteiger partial charge in [0, 0.05) is 37.4 Å². The van der Waals surface area contributed by atoms with Gasteiger partial charge in [0.15, 0.2) is 0 Å². The smallest absolute Gasteiger partial charge is 0.252 e. The van der Waals surface area contributed by atoms with Gasteiger partial charge in [-0.05, 0) is 30.5 Å². The van der Waals surface area contributed by atoms with E-state index in [2.05, 4.69) is 17.3 Å². The van der Waals surface area contributed by atoms with E-state index >= 15 is 0 Å². The highest BCUT2D eigenvalue weighted by Gasteiger charge is 2.45. The molecule has 6 nitrogen and oxygen atoms in total. The van der Waals surface area contributed by atoms with E-state index in [-0.39, 0.29) is 11.2 Å². The summed E-state index contributed by atoms with van der Waals surface area (Å²) in [6.45, 7) is 0.680. The van der Waals surface area contributed by atoms with Crippen LogP contribution in [0.1, 0.15) is 24.8 Å². The van der Waals surface area contributed by atoms with Gasteiger partial charge in [0.1, 0.15) is 21.9 Å². The standard InChI is InChI=1S/C23H22N2O4S2/c26-19-8-11-23(15-17-4-2-1-3-5-17)16-25(12-9-18(23)14-19)31(27,28)22-7-6-21(30-22)20-10-13-29-24-20/h1-7,9-10,13H,8,11-12,14-16H2. The van der Waals surface area contributed by atoms with Gasteiger partial charge in [-0.3, -0.25) is 4.79 Å². The fourth-order valence-corrected chi connectivity index (χ4v) is 7.49. The van der Waals surface area contributed by atoms with E-state index in [1.807, 2.05) is 24.3 Å². The van der Waals surface area contributed by atoms with Crippen molar-refractivity contribution in [2.24, 2.45) is 5.41 Å². The van der Waals surface area contributed by atoms with Crippen LogP contribution in [0.5, 0.6) is 0 Å². The summed E-state index contributed by atoms with van der Waals surface area (Å²) in [5.74, 6) is 0.238. The van der Waals surface area contributed by atoms with E-state index < -0.39 is 10.0 Å². The predicted molar refractivity (Wildman–Crippen MR) is 118 cm³/mol. The first-order valence-corrected chi connectivity index (χ1v) is 12.5. The van der Waals surface area contributed by atoms with Gasteiger partial charge < -0.3 is 4.52 Å². The van der Waals surface area contributed by atoms with Gasteiger partial charge in [-0.15, -0.1) is 11.3 Å². The Morgan fingerprint density at radius 1 is 1.13 bits per heavy atom. The minimum atomic E-state index is -3.66. The summed E-state index contributed by atoms with van der Waals surface area (Å²) >= 11 is 1.20. The van der Waals surface area contributed by atoms with Crippen molar-refractivity contribution in [3.05, 3.63) is 72.0 Å². The Kier molecular flexibility index (Phi) is 5.16. The van der Waals surface area contributed by atoms with Crippen LogP contribution < -0.4 is 0 Å². The van der Waals surface area contributed by atoms with E-state index in [9.17, 15) is 13.2 Å². The summed E-state index contributed by atoms with van der Waals surface area (Å²) < 4.78 is 33.7. The van der Waals surface area contributed by atoms with Crippen LogP contribution >= 0.6 is 11.3 Å². The third-order valence-corrected chi connectivity index (χ3v) is 9.61. The van der Waals surface area contributed by atoms with Gasteiger partial charge in [-0.1, -0.05) is 47.1 Å². The predicted octanol–water partition coefficient (Wildman–Crippen LogP) is 4.32. The number of fused-ring (bicyclic) bond motifs is 1. The third kappa shape index (κ3) is 3.79. The van der Waals surface area contributed by atoms with Gasteiger partial charge in [-0.25, -0.2) is 8.42 Å². The molecule has 31 heavy (non-hydrogen) atoms. The SMILES string of the molecule is O=C1CCC2(Cc3ccccc3)CN(S(=O)(=O)c3ccc(-c4ccon4)s3)CC=C2C1. The molecule has 2 aliphatic rings. The van der Waals surface area contributed by atoms with Crippen LogP contribution in [0.3, 0.4) is 0 Å². The highest BCUT2D eigenvalue weighted by Crippen LogP contribution is 2.46. The van der Waals surface area contributed by atoms with Crippen molar-refractivity contribution >= 4 is 27.1 Å². The molecule has 2 aromatic heterocycles. The third-order valence-electron chi connectivity index (χ3n) is 6.22. The van der Waals surface area contributed by atoms with Crippen molar-refractivity contribution in [1.82, 2.24) is 9.46 Å². The van der Waals surface area contributed by atoms with Crippen molar-refractivity contribution in [1.29, 1.82) is 0 Å². The van der Waals surface area contributed by atoms with Gasteiger partial charge in [0.25, 0.3) is 10.0 Å². The number of benzene rings is 1. The topological polar surface area (TPSA) is 80.5 Å². The molecule has 3 aromatic rings. The number of thiophene rings is 1. The number of aromatic nitrogens is 1. The maximum atomic E-state index is 13.5. The number of hydrogen-bond acceptors (Lipinski definition) is 6. The molecule has 1 aliphatic heterocycles. The van der Waals surface area contributed by atoms with Crippen molar-refractivity contribution < 1.29 is 17.7 Å². The molecular weight excluding hydrogens is 432 g/mol. The average molecular weight is 455 g/mol. The number of rotatable bonds is 5. The number of ketones is 1. The summed E-state index contributed by atoms with van der Waals surface area (Å²) in [7, 11) is -3.66. The zero-order valence-corrected chi connectivity index (χ0v) is 18.5. The molecule has 8 heteroatoms. The summed E-state index contributed by atoms with van der Waals surface area (Å²) in [4.78, 5) is 12.9. The molecule has 0 N–H and O–H groups in total. The molecule has 0 amide bonds. The van der Waals surface area contributed by atoms with Crippen LogP contribution in [-0.4, -0.2) is 36.8 Å². The van der Waals surface area contributed by atoms with Crippen LogP contribution in [0.25, 0.3) is 10.6 Å². The van der Waals surface area contributed by atoms with Gasteiger partial charge >= 0.3 is 0 Å². The van der Waals surface area contributed by atoms with E-state index in [0.29, 0.717) is 42.3 Å². The second-order valence-electron chi connectivity index (χ2n) is 8.19. The van der Waals surface area contributed by atoms with Crippen molar-refractivity contribution in [2.75, 3.05) is 13.1 Å². The van der Waals surface area contributed by atoms with Crippen LogP contribution in [-0.2, 0) is 21.2 Å². The van der Waals surface area contributed by atoms with E-state index in [0.717, 1.165) is 22.4 Å². The molecule has 1 fully saturated rings. The number of carbonyl (C=O) groups is 1. The van der Waals surface area contributed by atoms with Crippen molar-refractivity contribution in [3.8, 4) is 10.6 Å². The Hall–Kier alpha value is -2.55. The molecule has 3 heterocycles. The number of Topliss-reactive ketones (excluding diaryl/α,β-unsaturated/α-hetero) is 1. The Labute approximate surface area is 185 Å². The lowest BCUT2D eigenvalue weighted by Crippen LogP contribution is -2.48. The molecule has 1 aliphatic carbocycles.